The van der Waals surface area contributed by atoms with Gasteiger partial charge in [-0.15, -0.1) is 0 Å². The first kappa shape index (κ1) is 24.1. The standard InChI is InChI=1S/C24H30O7/c1-5-7-8-10-16-12-18(14-20(30-4)22(16)23(26)27)31-24(28)21-15(9-6-2)11-17(29-3)13-19(21)25/h11-14,25H,5-10H2,1-4H3,(H,26,27). The normalized spacial score (nSPS) is 10.6. The Morgan fingerprint density at radius 3 is 2.10 bits per heavy atom. The van der Waals surface area contributed by atoms with E-state index in [1.54, 1.807) is 12.1 Å². The number of aryl methyl sites for hydroxylation is 2. The molecule has 0 radical (unpaired) electrons. The highest BCUT2D eigenvalue weighted by molar-refractivity contribution is 5.97. The van der Waals surface area contributed by atoms with Gasteiger partial charge in [0.05, 0.1) is 14.2 Å². The number of aromatic hydroxyl groups is 1. The zero-order chi connectivity index (χ0) is 23.0. The Kier molecular flexibility index (Phi) is 8.73. The number of phenolic OH excluding ortho intramolecular Hbond substituents is 1. The molecule has 31 heavy (non-hydrogen) atoms. The van der Waals surface area contributed by atoms with Crippen molar-refractivity contribution < 1.29 is 34.0 Å². The summed E-state index contributed by atoms with van der Waals surface area (Å²) < 4.78 is 16.0. The molecule has 0 bridgehead atoms. The van der Waals surface area contributed by atoms with Crippen molar-refractivity contribution in [2.24, 2.45) is 0 Å². The lowest BCUT2D eigenvalue weighted by molar-refractivity contribution is 0.0691. The van der Waals surface area contributed by atoms with Crippen LogP contribution in [0.3, 0.4) is 0 Å². The molecule has 2 N–H and O–H groups in total. The van der Waals surface area contributed by atoms with Crippen LogP contribution in [0.2, 0.25) is 0 Å². The van der Waals surface area contributed by atoms with Crippen LogP contribution in [0, 0.1) is 0 Å². The van der Waals surface area contributed by atoms with E-state index in [9.17, 15) is 19.8 Å². The number of benzene rings is 2. The predicted octanol–water partition coefficient (Wildman–Crippen LogP) is 5.01. The van der Waals surface area contributed by atoms with Crippen molar-refractivity contribution in [2.45, 2.75) is 52.4 Å². The predicted molar refractivity (Wildman–Crippen MR) is 117 cm³/mol. The quantitative estimate of drug-likeness (QED) is 0.293. The number of carboxylic acid groups (broad SMARTS) is 1. The Bertz CT molecular complexity index is 934. The number of phenols is 1. The number of hydrogen-bond acceptors (Lipinski definition) is 6. The molecule has 0 unspecified atom stereocenters. The second kappa shape index (κ2) is 11.2. The van der Waals surface area contributed by atoms with Crippen LogP contribution >= 0.6 is 0 Å². The molecule has 0 atom stereocenters. The minimum Gasteiger partial charge on any atom is -0.507 e. The van der Waals surface area contributed by atoms with Crippen LogP contribution < -0.4 is 14.2 Å². The fourth-order valence-electron chi connectivity index (χ4n) is 3.51. The van der Waals surface area contributed by atoms with Crippen LogP contribution in [-0.4, -0.2) is 36.4 Å². The number of methoxy groups -OCH3 is 2. The Balaban J connectivity index is 2.45. The molecule has 0 spiro atoms. The lowest BCUT2D eigenvalue weighted by atomic mass is 9.99. The molecule has 7 heteroatoms. The Labute approximate surface area is 182 Å². The SMILES string of the molecule is CCCCCc1cc(OC(=O)c2c(O)cc(OC)cc2CCC)cc(OC)c1C(=O)O. The number of carbonyl (C=O) groups excluding carboxylic acids is 1. The summed E-state index contributed by atoms with van der Waals surface area (Å²) in [4.78, 5) is 24.7. The lowest BCUT2D eigenvalue weighted by Crippen LogP contribution is -2.13. The van der Waals surface area contributed by atoms with E-state index < -0.39 is 11.9 Å². The molecule has 0 amide bonds. The lowest BCUT2D eigenvalue weighted by Gasteiger charge is -2.15. The summed E-state index contributed by atoms with van der Waals surface area (Å²) in [6, 6.07) is 5.99. The van der Waals surface area contributed by atoms with Crippen LogP contribution in [0.1, 0.15) is 71.4 Å². The molecule has 0 aromatic heterocycles. The maximum atomic E-state index is 12.9. The number of hydrogen-bond donors (Lipinski definition) is 2. The highest BCUT2D eigenvalue weighted by Crippen LogP contribution is 2.33. The number of unbranched alkanes of at least 4 members (excludes halogenated alkanes) is 2. The molecule has 7 nitrogen and oxygen atoms in total. The van der Waals surface area contributed by atoms with Gasteiger partial charge in [-0.3, -0.25) is 0 Å². The number of rotatable bonds is 11. The largest absolute Gasteiger partial charge is 0.507 e. The molecule has 0 fully saturated rings. The summed E-state index contributed by atoms with van der Waals surface area (Å²) in [5.74, 6) is -1.33. The molecule has 2 aromatic rings. The van der Waals surface area contributed by atoms with Crippen molar-refractivity contribution in [2.75, 3.05) is 14.2 Å². The topological polar surface area (TPSA) is 102 Å². The van der Waals surface area contributed by atoms with Gasteiger partial charge >= 0.3 is 11.9 Å². The fourth-order valence-corrected chi connectivity index (χ4v) is 3.51. The van der Waals surface area contributed by atoms with E-state index in [0.29, 0.717) is 29.7 Å². The zero-order valence-corrected chi connectivity index (χ0v) is 18.5. The van der Waals surface area contributed by atoms with Crippen molar-refractivity contribution in [1.29, 1.82) is 0 Å². The van der Waals surface area contributed by atoms with Crippen LogP contribution in [0.25, 0.3) is 0 Å². The van der Waals surface area contributed by atoms with Gasteiger partial charge in [-0.25, -0.2) is 9.59 Å². The summed E-state index contributed by atoms with van der Waals surface area (Å²) in [7, 11) is 2.86. The van der Waals surface area contributed by atoms with Crippen LogP contribution in [-0.2, 0) is 12.8 Å². The van der Waals surface area contributed by atoms with E-state index in [2.05, 4.69) is 6.92 Å². The summed E-state index contributed by atoms with van der Waals surface area (Å²) in [5.41, 5.74) is 1.28. The van der Waals surface area contributed by atoms with Gasteiger partial charge in [-0.05, 0) is 42.5 Å². The van der Waals surface area contributed by atoms with Gasteiger partial charge in [0.1, 0.15) is 34.1 Å². The summed E-state index contributed by atoms with van der Waals surface area (Å²) in [5, 5.41) is 20.0. The number of esters is 1. The molecular formula is C24H30O7. The van der Waals surface area contributed by atoms with E-state index in [1.807, 2.05) is 6.92 Å². The number of carboxylic acids is 1. The van der Waals surface area contributed by atoms with E-state index in [1.165, 1.54) is 26.4 Å². The Morgan fingerprint density at radius 1 is 0.839 bits per heavy atom. The third-order valence-corrected chi connectivity index (χ3v) is 4.98. The average Bonchev–Trinajstić information content (AvgIpc) is 2.72. The van der Waals surface area contributed by atoms with Crippen molar-refractivity contribution in [3.8, 4) is 23.0 Å². The molecule has 2 rings (SSSR count). The first-order valence-electron chi connectivity index (χ1n) is 10.4. The van der Waals surface area contributed by atoms with Gasteiger partial charge in [-0.2, -0.15) is 0 Å². The number of carbonyl (C=O) groups is 2. The first-order chi connectivity index (χ1) is 14.9. The van der Waals surface area contributed by atoms with Crippen molar-refractivity contribution in [1.82, 2.24) is 0 Å². The van der Waals surface area contributed by atoms with Gasteiger partial charge in [0.15, 0.2) is 0 Å². The van der Waals surface area contributed by atoms with Crippen LogP contribution in [0.4, 0.5) is 0 Å². The minimum atomic E-state index is -1.10. The third-order valence-electron chi connectivity index (χ3n) is 4.98. The molecule has 2 aromatic carbocycles. The Morgan fingerprint density at radius 2 is 1.52 bits per heavy atom. The van der Waals surface area contributed by atoms with E-state index >= 15 is 0 Å². The van der Waals surface area contributed by atoms with Crippen molar-refractivity contribution in [3.63, 3.8) is 0 Å². The highest BCUT2D eigenvalue weighted by atomic mass is 16.5. The van der Waals surface area contributed by atoms with Gasteiger partial charge in [0, 0.05) is 12.1 Å². The molecule has 0 saturated carbocycles. The van der Waals surface area contributed by atoms with E-state index in [-0.39, 0.29) is 28.4 Å². The van der Waals surface area contributed by atoms with E-state index in [0.717, 1.165) is 25.7 Å². The summed E-state index contributed by atoms with van der Waals surface area (Å²) in [6.07, 6.45) is 4.58. The monoisotopic (exact) mass is 430 g/mol. The van der Waals surface area contributed by atoms with Gasteiger partial charge in [-0.1, -0.05) is 33.1 Å². The van der Waals surface area contributed by atoms with Gasteiger partial charge in [0.2, 0.25) is 0 Å². The molecule has 0 heterocycles. The second-order valence-electron chi connectivity index (χ2n) is 7.24. The minimum absolute atomic E-state index is 0.0662. The third kappa shape index (κ3) is 5.90. The molecule has 168 valence electrons. The number of aromatic carboxylic acids is 1. The molecular weight excluding hydrogens is 400 g/mol. The fraction of sp³-hybridized carbons (Fsp3) is 0.417. The first-order valence-corrected chi connectivity index (χ1v) is 10.4. The van der Waals surface area contributed by atoms with Crippen molar-refractivity contribution in [3.05, 3.63) is 46.5 Å². The molecule has 0 aliphatic carbocycles. The van der Waals surface area contributed by atoms with Gasteiger partial charge in [0.25, 0.3) is 0 Å². The average molecular weight is 430 g/mol. The van der Waals surface area contributed by atoms with Crippen molar-refractivity contribution >= 4 is 11.9 Å². The number of ether oxygens (including phenoxy) is 3. The molecule has 0 saturated heterocycles. The van der Waals surface area contributed by atoms with Crippen LogP contribution in [0.5, 0.6) is 23.0 Å². The molecule has 0 aliphatic rings. The highest BCUT2D eigenvalue weighted by Gasteiger charge is 2.23. The van der Waals surface area contributed by atoms with Crippen LogP contribution in [0.15, 0.2) is 24.3 Å². The summed E-state index contributed by atoms with van der Waals surface area (Å²) >= 11 is 0. The van der Waals surface area contributed by atoms with E-state index in [4.69, 9.17) is 14.2 Å². The maximum Gasteiger partial charge on any atom is 0.347 e. The maximum absolute atomic E-state index is 12.9. The molecule has 0 aliphatic heterocycles. The zero-order valence-electron chi connectivity index (χ0n) is 18.5. The Hall–Kier alpha value is -3.22. The van der Waals surface area contributed by atoms with Gasteiger partial charge < -0.3 is 24.4 Å². The second-order valence-corrected chi connectivity index (χ2v) is 7.24. The smallest absolute Gasteiger partial charge is 0.347 e. The summed E-state index contributed by atoms with van der Waals surface area (Å²) in [6.45, 7) is 4.02.